The number of fused-ring (bicyclic) bond motifs is 1. The second kappa shape index (κ2) is 5.20. The Hall–Kier alpha value is -2.37. The van der Waals surface area contributed by atoms with Crippen molar-refractivity contribution in [2.45, 2.75) is 0 Å². The number of nitrogens with two attached hydrogens (primary N) is 1. The smallest absolute Gasteiger partial charge is 0.371 e. The molecule has 0 saturated carbocycles. The summed E-state index contributed by atoms with van der Waals surface area (Å²) in [5.74, 6) is 0.196. The van der Waals surface area contributed by atoms with Crippen LogP contribution in [0.15, 0.2) is 66.7 Å². The topological polar surface area (TPSA) is 69.4 Å². The molecule has 2 N–H and O–H groups in total. The first-order valence-electron chi connectivity index (χ1n) is 6.33. The summed E-state index contributed by atoms with van der Waals surface area (Å²) < 4.78 is 26.4. The van der Waals surface area contributed by atoms with Crippen LogP contribution in [0.1, 0.15) is 0 Å². The third-order valence-corrected chi connectivity index (χ3v) is 3.59. The van der Waals surface area contributed by atoms with Crippen LogP contribution in [0.2, 0.25) is 0 Å². The van der Waals surface area contributed by atoms with Gasteiger partial charge >= 0.3 is 10.3 Å². The first-order chi connectivity index (χ1) is 10.0. The van der Waals surface area contributed by atoms with Crippen LogP contribution in [0, 0.1) is 0 Å². The van der Waals surface area contributed by atoms with Gasteiger partial charge in [-0.2, -0.15) is 13.6 Å². The Morgan fingerprint density at radius 1 is 0.810 bits per heavy atom. The van der Waals surface area contributed by atoms with Gasteiger partial charge in [0.1, 0.15) is 5.75 Å². The largest absolute Gasteiger partial charge is 0.380 e. The normalized spacial score (nSPS) is 11.5. The van der Waals surface area contributed by atoms with Gasteiger partial charge in [-0.3, -0.25) is 0 Å². The zero-order valence-electron chi connectivity index (χ0n) is 11.1. The van der Waals surface area contributed by atoms with E-state index in [0.29, 0.717) is 0 Å². The highest BCUT2D eigenvalue weighted by Gasteiger charge is 2.06. The highest BCUT2D eigenvalue weighted by atomic mass is 32.2. The van der Waals surface area contributed by atoms with Gasteiger partial charge in [-0.1, -0.05) is 54.6 Å². The van der Waals surface area contributed by atoms with Crippen LogP contribution in [-0.4, -0.2) is 8.42 Å². The maximum Gasteiger partial charge on any atom is 0.380 e. The summed E-state index contributed by atoms with van der Waals surface area (Å²) in [5.41, 5.74) is 2.06. The van der Waals surface area contributed by atoms with Crippen LogP contribution in [0.4, 0.5) is 0 Å². The molecule has 3 aromatic carbocycles. The van der Waals surface area contributed by atoms with Crippen molar-refractivity contribution in [1.82, 2.24) is 0 Å². The van der Waals surface area contributed by atoms with E-state index in [-0.39, 0.29) is 5.75 Å². The molecule has 0 saturated heterocycles. The molecule has 0 spiro atoms. The van der Waals surface area contributed by atoms with E-state index in [1.54, 1.807) is 12.1 Å². The van der Waals surface area contributed by atoms with Crippen LogP contribution in [0.25, 0.3) is 21.9 Å². The minimum atomic E-state index is -3.99. The lowest BCUT2D eigenvalue weighted by Gasteiger charge is -2.08. The molecule has 0 amide bonds. The SMILES string of the molecule is NS(=O)(=O)Oc1ccc(-c2cccc3ccccc23)cc1. The molecule has 0 radical (unpaired) electrons. The summed E-state index contributed by atoms with van der Waals surface area (Å²) >= 11 is 0. The van der Waals surface area contributed by atoms with Crippen molar-refractivity contribution in [3.05, 3.63) is 66.7 Å². The fraction of sp³-hybridized carbons (Fsp3) is 0. The monoisotopic (exact) mass is 299 g/mol. The Labute approximate surface area is 123 Å². The summed E-state index contributed by atoms with van der Waals surface area (Å²) in [6.45, 7) is 0. The van der Waals surface area contributed by atoms with E-state index in [9.17, 15) is 8.42 Å². The van der Waals surface area contributed by atoms with E-state index in [2.05, 4.69) is 22.4 Å². The van der Waals surface area contributed by atoms with Crippen molar-refractivity contribution >= 4 is 21.1 Å². The number of benzene rings is 3. The van der Waals surface area contributed by atoms with Gasteiger partial charge in [-0.05, 0) is 34.0 Å². The van der Waals surface area contributed by atoms with Crippen LogP contribution < -0.4 is 9.32 Å². The summed E-state index contributed by atoms with van der Waals surface area (Å²) in [7, 11) is -3.99. The fourth-order valence-corrected chi connectivity index (χ4v) is 2.68. The first-order valence-corrected chi connectivity index (χ1v) is 7.80. The molecule has 106 valence electrons. The first kappa shape index (κ1) is 13.6. The van der Waals surface area contributed by atoms with E-state index in [1.807, 2.05) is 36.4 Å². The average Bonchev–Trinajstić information content (AvgIpc) is 2.46. The quantitative estimate of drug-likeness (QED) is 0.808. The molecule has 0 unspecified atom stereocenters. The third kappa shape index (κ3) is 3.04. The molecule has 3 rings (SSSR count). The fourth-order valence-electron chi connectivity index (χ4n) is 2.30. The van der Waals surface area contributed by atoms with Gasteiger partial charge in [-0.25, -0.2) is 0 Å². The molecule has 0 atom stereocenters. The lowest BCUT2D eigenvalue weighted by molar-refractivity contribution is 0.488. The molecule has 0 aliphatic heterocycles. The number of hydrogen-bond acceptors (Lipinski definition) is 3. The van der Waals surface area contributed by atoms with Gasteiger partial charge in [-0.15, -0.1) is 0 Å². The zero-order valence-corrected chi connectivity index (χ0v) is 11.9. The van der Waals surface area contributed by atoms with Gasteiger partial charge < -0.3 is 4.18 Å². The molecule has 0 fully saturated rings. The van der Waals surface area contributed by atoms with Crippen LogP contribution in [0.5, 0.6) is 5.75 Å². The van der Waals surface area contributed by atoms with Crippen LogP contribution >= 0.6 is 0 Å². The van der Waals surface area contributed by atoms with E-state index in [1.165, 1.54) is 0 Å². The van der Waals surface area contributed by atoms with E-state index in [4.69, 9.17) is 5.14 Å². The van der Waals surface area contributed by atoms with Gasteiger partial charge in [0, 0.05) is 0 Å². The Morgan fingerprint density at radius 3 is 2.19 bits per heavy atom. The second-order valence-corrected chi connectivity index (χ2v) is 5.78. The van der Waals surface area contributed by atoms with Crippen molar-refractivity contribution in [2.75, 3.05) is 0 Å². The molecular formula is C16H13NO3S. The molecule has 0 aromatic heterocycles. The van der Waals surface area contributed by atoms with Crippen LogP contribution in [0.3, 0.4) is 0 Å². The van der Waals surface area contributed by atoms with Gasteiger partial charge in [0.25, 0.3) is 0 Å². The molecule has 5 heteroatoms. The molecule has 0 aliphatic rings. The van der Waals surface area contributed by atoms with Gasteiger partial charge in [0.2, 0.25) is 0 Å². The van der Waals surface area contributed by atoms with Crippen LogP contribution in [-0.2, 0) is 10.3 Å². The maximum atomic E-state index is 10.9. The predicted octanol–water partition coefficient (Wildman–Crippen LogP) is 3.09. The Kier molecular flexibility index (Phi) is 3.37. The van der Waals surface area contributed by atoms with E-state index in [0.717, 1.165) is 21.9 Å². The Balaban J connectivity index is 2.04. The molecule has 0 bridgehead atoms. The zero-order chi connectivity index (χ0) is 14.9. The molecular weight excluding hydrogens is 286 g/mol. The van der Waals surface area contributed by atoms with Gasteiger partial charge in [0.05, 0.1) is 0 Å². The lowest BCUT2D eigenvalue weighted by Crippen LogP contribution is -2.18. The lowest BCUT2D eigenvalue weighted by atomic mass is 9.98. The number of hydrogen-bond donors (Lipinski definition) is 1. The summed E-state index contributed by atoms with van der Waals surface area (Å²) in [4.78, 5) is 0. The summed E-state index contributed by atoms with van der Waals surface area (Å²) in [5, 5.41) is 7.13. The highest BCUT2D eigenvalue weighted by Crippen LogP contribution is 2.29. The summed E-state index contributed by atoms with van der Waals surface area (Å²) in [6.07, 6.45) is 0. The molecule has 0 aliphatic carbocycles. The number of rotatable bonds is 3. The second-order valence-electron chi connectivity index (χ2n) is 4.63. The minimum absolute atomic E-state index is 0.196. The van der Waals surface area contributed by atoms with Crippen molar-refractivity contribution < 1.29 is 12.6 Å². The van der Waals surface area contributed by atoms with Crippen molar-refractivity contribution in [1.29, 1.82) is 0 Å². The molecule has 4 nitrogen and oxygen atoms in total. The van der Waals surface area contributed by atoms with Crippen molar-refractivity contribution in [2.24, 2.45) is 5.14 Å². The minimum Gasteiger partial charge on any atom is -0.371 e. The molecule has 3 aromatic rings. The molecule has 0 heterocycles. The third-order valence-electron chi connectivity index (χ3n) is 3.17. The van der Waals surface area contributed by atoms with Gasteiger partial charge in [0.15, 0.2) is 0 Å². The van der Waals surface area contributed by atoms with Crippen molar-refractivity contribution in [3.8, 4) is 16.9 Å². The molecule has 21 heavy (non-hydrogen) atoms. The average molecular weight is 299 g/mol. The summed E-state index contributed by atoms with van der Waals surface area (Å²) in [6, 6.07) is 20.9. The van der Waals surface area contributed by atoms with E-state index >= 15 is 0 Å². The highest BCUT2D eigenvalue weighted by molar-refractivity contribution is 7.84. The predicted molar refractivity (Wildman–Crippen MR) is 83.1 cm³/mol. The Bertz CT molecular complexity index is 882. The Morgan fingerprint density at radius 2 is 1.48 bits per heavy atom. The standard InChI is InChI=1S/C16H13NO3S/c17-21(18,19)20-14-10-8-13(9-11-14)16-7-3-5-12-4-1-2-6-15(12)16/h1-11H,(H2,17,18,19). The van der Waals surface area contributed by atoms with Crippen molar-refractivity contribution in [3.63, 3.8) is 0 Å². The maximum absolute atomic E-state index is 10.9. The van der Waals surface area contributed by atoms with E-state index < -0.39 is 10.3 Å².